The van der Waals surface area contributed by atoms with Crippen LogP contribution >= 0.6 is 0 Å². The second-order valence-corrected chi connectivity index (χ2v) is 6.06. The van der Waals surface area contributed by atoms with Crippen molar-refractivity contribution in [2.24, 2.45) is 0 Å². The van der Waals surface area contributed by atoms with Gasteiger partial charge in [-0.25, -0.2) is 13.8 Å². The summed E-state index contributed by atoms with van der Waals surface area (Å²) in [7, 11) is 1.47. The van der Waals surface area contributed by atoms with Gasteiger partial charge in [-0.05, 0) is 24.3 Å². The lowest BCUT2D eigenvalue weighted by molar-refractivity contribution is 0.101. The van der Waals surface area contributed by atoms with E-state index in [0.717, 1.165) is 12.3 Å². The first-order chi connectivity index (χ1) is 14.0. The minimum atomic E-state index is -1.12. The van der Waals surface area contributed by atoms with E-state index in [2.05, 4.69) is 25.8 Å². The van der Waals surface area contributed by atoms with Crippen LogP contribution in [0.4, 0.5) is 20.2 Å². The number of hydrogen-bond donors (Lipinski definition) is 4. The molecular weight excluding hydrogens is 382 g/mol. The maximum atomic E-state index is 14.7. The maximum absolute atomic E-state index is 14.7. The van der Waals surface area contributed by atoms with Crippen LogP contribution in [0.2, 0.25) is 0 Å². The topological polar surface area (TPSA) is 120 Å². The smallest absolute Gasteiger partial charge is 0.261 e. The highest BCUT2D eigenvalue weighted by Gasteiger charge is 2.23. The first-order valence-corrected chi connectivity index (χ1v) is 8.42. The summed E-state index contributed by atoms with van der Waals surface area (Å²) in [5, 5.41) is 20.0. The van der Waals surface area contributed by atoms with Crippen molar-refractivity contribution in [1.29, 1.82) is 5.41 Å². The van der Waals surface area contributed by atoms with E-state index >= 15 is 0 Å². The normalized spacial score (nSPS) is 10.9. The Labute approximate surface area is 162 Å². The van der Waals surface area contributed by atoms with Gasteiger partial charge in [0.2, 0.25) is 0 Å². The maximum Gasteiger partial charge on any atom is 0.261 e. The molecule has 4 rings (SSSR count). The van der Waals surface area contributed by atoms with Crippen LogP contribution in [0.25, 0.3) is 22.4 Å². The fourth-order valence-electron chi connectivity index (χ4n) is 3.00. The van der Waals surface area contributed by atoms with Gasteiger partial charge in [-0.15, -0.1) is 0 Å². The van der Waals surface area contributed by atoms with Gasteiger partial charge in [0.25, 0.3) is 5.91 Å². The molecule has 2 aromatic carbocycles. The number of carbonyl (C=O) groups excluding carboxylic acids is 1. The molecule has 4 N–H and O–H groups in total. The van der Waals surface area contributed by atoms with Gasteiger partial charge in [-0.2, -0.15) is 5.10 Å². The molecule has 0 aliphatic rings. The van der Waals surface area contributed by atoms with Crippen LogP contribution in [0.15, 0.2) is 41.3 Å². The number of amides is 1. The number of anilines is 2. The van der Waals surface area contributed by atoms with Crippen molar-refractivity contribution in [1.82, 2.24) is 15.2 Å². The zero-order valence-electron chi connectivity index (χ0n) is 15.0. The minimum Gasteiger partial charge on any atom is -0.442 e. The highest BCUT2D eigenvalue weighted by molar-refractivity contribution is 6.07. The lowest BCUT2D eigenvalue weighted by Gasteiger charge is -2.12. The summed E-state index contributed by atoms with van der Waals surface area (Å²) < 4.78 is 34.3. The molecular formula is C19H14F2N6O2. The summed E-state index contributed by atoms with van der Waals surface area (Å²) in [5.41, 5.74) is 0.550. The van der Waals surface area contributed by atoms with Gasteiger partial charge in [-0.3, -0.25) is 9.89 Å². The number of carbonyl (C=O) groups is 1. The molecule has 0 fully saturated rings. The van der Waals surface area contributed by atoms with Crippen molar-refractivity contribution in [3.63, 3.8) is 0 Å². The van der Waals surface area contributed by atoms with Gasteiger partial charge in [0.05, 0.1) is 17.3 Å². The van der Waals surface area contributed by atoms with Gasteiger partial charge >= 0.3 is 0 Å². The van der Waals surface area contributed by atoms with E-state index < -0.39 is 23.1 Å². The Balaban J connectivity index is 1.71. The summed E-state index contributed by atoms with van der Waals surface area (Å²) in [6, 6.07) is 5.80. The molecule has 1 amide bonds. The average Bonchev–Trinajstić information content (AvgIpc) is 3.36. The van der Waals surface area contributed by atoms with Gasteiger partial charge < -0.3 is 20.5 Å². The number of fused-ring (bicyclic) bond motifs is 1. The highest BCUT2D eigenvalue weighted by Crippen LogP contribution is 2.29. The van der Waals surface area contributed by atoms with Crippen LogP contribution in [-0.4, -0.2) is 34.4 Å². The van der Waals surface area contributed by atoms with Crippen LogP contribution in [-0.2, 0) is 0 Å². The first kappa shape index (κ1) is 18.3. The van der Waals surface area contributed by atoms with Crippen molar-refractivity contribution in [3.05, 3.63) is 59.6 Å². The summed E-state index contributed by atoms with van der Waals surface area (Å²) in [5.74, 6) is -2.71. The molecule has 146 valence electrons. The van der Waals surface area contributed by atoms with E-state index in [1.165, 1.54) is 19.6 Å². The van der Waals surface area contributed by atoms with E-state index in [1.807, 2.05) is 0 Å². The van der Waals surface area contributed by atoms with Crippen LogP contribution in [0.5, 0.6) is 0 Å². The van der Waals surface area contributed by atoms with Crippen LogP contribution < -0.4 is 10.6 Å². The number of benzene rings is 2. The summed E-state index contributed by atoms with van der Waals surface area (Å²) in [6.07, 6.45) is 3.48. The Morgan fingerprint density at radius 3 is 2.83 bits per heavy atom. The monoisotopic (exact) mass is 396 g/mol. The Morgan fingerprint density at radius 1 is 1.31 bits per heavy atom. The fourth-order valence-corrected chi connectivity index (χ4v) is 3.00. The largest absolute Gasteiger partial charge is 0.442 e. The number of rotatable bonds is 5. The molecule has 2 heterocycles. The summed E-state index contributed by atoms with van der Waals surface area (Å²) in [6.45, 7) is 0. The molecule has 0 radical (unpaired) electrons. The van der Waals surface area contributed by atoms with Crippen molar-refractivity contribution in [2.75, 3.05) is 17.7 Å². The van der Waals surface area contributed by atoms with Crippen molar-refractivity contribution in [2.45, 2.75) is 0 Å². The molecule has 29 heavy (non-hydrogen) atoms. The Kier molecular flexibility index (Phi) is 4.51. The molecule has 0 atom stereocenters. The zero-order chi connectivity index (χ0) is 20.5. The standard InChI is InChI=1S/C19H14F2N6O2/c1-23-14-5-12(20)16(17(21)11(14)6-22)19(28)25-9-2-3-13-10(4-9)18(27-26-13)15-7-24-8-29-15/h2-8,22-23H,1H3,(H,25,28)(H,26,27). The number of oxazole rings is 1. The van der Waals surface area contributed by atoms with Crippen LogP contribution in [0, 0.1) is 17.0 Å². The Hall–Kier alpha value is -4.08. The van der Waals surface area contributed by atoms with E-state index in [1.54, 1.807) is 18.2 Å². The predicted octanol–water partition coefficient (Wildman–Crippen LogP) is 3.79. The zero-order valence-corrected chi connectivity index (χ0v) is 15.0. The molecule has 10 heteroatoms. The number of nitrogens with zero attached hydrogens (tertiary/aromatic N) is 2. The predicted molar refractivity (Wildman–Crippen MR) is 103 cm³/mol. The summed E-state index contributed by atoms with van der Waals surface area (Å²) >= 11 is 0. The lowest BCUT2D eigenvalue weighted by atomic mass is 10.1. The number of H-pyrrole nitrogens is 1. The molecule has 0 bridgehead atoms. The third-order valence-electron chi connectivity index (χ3n) is 4.38. The molecule has 0 aliphatic carbocycles. The van der Waals surface area contributed by atoms with Crippen molar-refractivity contribution < 1.29 is 18.0 Å². The second kappa shape index (κ2) is 7.15. The molecule has 0 spiro atoms. The fraction of sp³-hybridized carbons (Fsp3) is 0.0526. The lowest BCUT2D eigenvalue weighted by Crippen LogP contribution is -2.18. The molecule has 0 aliphatic heterocycles. The number of halogens is 2. The number of nitrogens with one attached hydrogen (secondary N) is 4. The Bertz CT molecular complexity index is 1230. The van der Waals surface area contributed by atoms with Gasteiger partial charge in [0.1, 0.15) is 22.9 Å². The van der Waals surface area contributed by atoms with Crippen molar-refractivity contribution >= 4 is 34.4 Å². The number of hydrogen-bond acceptors (Lipinski definition) is 6. The molecule has 4 aromatic rings. The number of aromatic nitrogens is 3. The van der Waals surface area contributed by atoms with Gasteiger partial charge in [0, 0.05) is 30.0 Å². The van der Waals surface area contributed by atoms with Crippen LogP contribution in [0.1, 0.15) is 15.9 Å². The first-order valence-electron chi connectivity index (χ1n) is 8.42. The van der Waals surface area contributed by atoms with Crippen LogP contribution in [0.3, 0.4) is 0 Å². The number of aromatic amines is 1. The van der Waals surface area contributed by atoms with E-state index in [0.29, 0.717) is 28.0 Å². The molecule has 2 aromatic heterocycles. The third kappa shape index (κ3) is 3.10. The third-order valence-corrected chi connectivity index (χ3v) is 4.38. The van der Waals surface area contributed by atoms with E-state index in [4.69, 9.17) is 9.83 Å². The molecule has 0 unspecified atom stereocenters. The SMILES string of the molecule is CNc1cc(F)c(C(=O)Nc2ccc3[nH]nc(-c4cnco4)c3c2)c(F)c1C=N. The highest BCUT2D eigenvalue weighted by atomic mass is 19.1. The molecule has 0 saturated carbocycles. The van der Waals surface area contributed by atoms with E-state index in [-0.39, 0.29) is 11.3 Å². The van der Waals surface area contributed by atoms with Gasteiger partial charge in [0.15, 0.2) is 12.2 Å². The molecule has 8 nitrogen and oxygen atoms in total. The van der Waals surface area contributed by atoms with Gasteiger partial charge in [-0.1, -0.05) is 0 Å². The minimum absolute atomic E-state index is 0.0723. The molecule has 0 saturated heterocycles. The quantitative estimate of drug-likeness (QED) is 0.383. The Morgan fingerprint density at radius 2 is 2.14 bits per heavy atom. The van der Waals surface area contributed by atoms with Crippen molar-refractivity contribution in [3.8, 4) is 11.5 Å². The average molecular weight is 396 g/mol. The second-order valence-electron chi connectivity index (χ2n) is 6.06. The summed E-state index contributed by atoms with van der Waals surface area (Å²) in [4.78, 5) is 16.4. The van der Waals surface area contributed by atoms with E-state index in [9.17, 15) is 13.6 Å².